The van der Waals surface area contributed by atoms with Crippen LogP contribution in [0.5, 0.6) is 0 Å². The summed E-state index contributed by atoms with van der Waals surface area (Å²) in [5.41, 5.74) is 1.93. The molecule has 0 saturated carbocycles. The number of esters is 1. The predicted octanol–water partition coefficient (Wildman–Crippen LogP) is 2.62. The fourth-order valence-corrected chi connectivity index (χ4v) is 4.30. The van der Waals surface area contributed by atoms with E-state index in [-0.39, 0.29) is 23.5 Å². The van der Waals surface area contributed by atoms with Crippen molar-refractivity contribution < 1.29 is 18.7 Å². The van der Waals surface area contributed by atoms with Gasteiger partial charge in [-0.05, 0) is 31.9 Å². The summed E-state index contributed by atoms with van der Waals surface area (Å²) in [6.07, 6.45) is 2.78. The highest BCUT2D eigenvalue weighted by Crippen LogP contribution is 2.22. The first-order valence-corrected chi connectivity index (χ1v) is 11.4. The van der Waals surface area contributed by atoms with Gasteiger partial charge in [0.15, 0.2) is 0 Å². The van der Waals surface area contributed by atoms with Crippen LogP contribution in [0.15, 0.2) is 33.9 Å². The summed E-state index contributed by atoms with van der Waals surface area (Å²) in [5, 5.41) is 8.46. The minimum atomic E-state index is -0.240. The van der Waals surface area contributed by atoms with E-state index in [1.807, 2.05) is 24.3 Å². The summed E-state index contributed by atoms with van der Waals surface area (Å²) in [4.78, 5) is 34.0. The predicted molar refractivity (Wildman–Crippen MR) is 114 cm³/mol. The zero-order valence-electron chi connectivity index (χ0n) is 17.4. The van der Waals surface area contributed by atoms with Gasteiger partial charge in [0, 0.05) is 25.9 Å². The number of imidazole rings is 1. The molecule has 2 aromatic heterocycles. The molecule has 1 saturated heterocycles. The number of nitrogens with one attached hydrogen (secondary N) is 1. The number of thioether (sulfide) groups is 1. The molecule has 1 N–H and O–H groups in total. The number of para-hydroxylation sites is 2. The molecule has 1 aliphatic heterocycles. The molecular weight excluding hydrogens is 418 g/mol. The van der Waals surface area contributed by atoms with Crippen LogP contribution in [-0.2, 0) is 27.2 Å². The Morgan fingerprint density at radius 3 is 3.00 bits per heavy atom. The molecule has 3 aromatic rings. The van der Waals surface area contributed by atoms with Gasteiger partial charge in [-0.25, -0.2) is 4.98 Å². The molecule has 0 unspecified atom stereocenters. The first kappa shape index (κ1) is 21.4. The van der Waals surface area contributed by atoms with Crippen molar-refractivity contribution in [2.75, 3.05) is 25.4 Å². The van der Waals surface area contributed by atoms with Crippen LogP contribution in [0.25, 0.3) is 11.0 Å². The van der Waals surface area contributed by atoms with E-state index in [1.165, 1.54) is 11.8 Å². The van der Waals surface area contributed by atoms with Crippen LogP contribution >= 0.6 is 11.8 Å². The van der Waals surface area contributed by atoms with Crippen molar-refractivity contribution in [2.45, 2.75) is 37.8 Å². The van der Waals surface area contributed by atoms with Crippen LogP contribution < -0.4 is 0 Å². The molecule has 0 radical (unpaired) electrons. The maximum absolute atomic E-state index is 12.6. The molecule has 31 heavy (non-hydrogen) atoms. The Balaban J connectivity index is 1.25. The van der Waals surface area contributed by atoms with Gasteiger partial charge in [0.1, 0.15) is 5.82 Å². The second-order valence-electron chi connectivity index (χ2n) is 7.38. The topological polar surface area (TPSA) is 114 Å². The van der Waals surface area contributed by atoms with Gasteiger partial charge in [-0.15, -0.1) is 10.2 Å². The van der Waals surface area contributed by atoms with E-state index in [1.54, 1.807) is 11.8 Å². The number of H-pyrrole nitrogens is 1. The first-order chi connectivity index (χ1) is 15.1. The summed E-state index contributed by atoms with van der Waals surface area (Å²) in [5.74, 6) is 1.07. The second-order valence-corrected chi connectivity index (χ2v) is 8.31. The number of rotatable bonds is 8. The smallest absolute Gasteiger partial charge is 0.310 e. The highest BCUT2D eigenvalue weighted by molar-refractivity contribution is 7.99. The Morgan fingerprint density at radius 2 is 2.16 bits per heavy atom. The highest BCUT2D eigenvalue weighted by Gasteiger charge is 2.29. The van der Waals surface area contributed by atoms with E-state index in [2.05, 4.69) is 20.2 Å². The number of aromatic amines is 1. The molecular formula is C21H25N5O4S. The van der Waals surface area contributed by atoms with Crippen molar-refractivity contribution in [3.63, 3.8) is 0 Å². The number of benzene rings is 1. The average molecular weight is 444 g/mol. The van der Waals surface area contributed by atoms with Gasteiger partial charge >= 0.3 is 5.97 Å². The van der Waals surface area contributed by atoms with Crippen LogP contribution in [0.2, 0.25) is 0 Å². The maximum atomic E-state index is 12.6. The number of ether oxygens (including phenoxy) is 1. The highest BCUT2D eigenvalue weighted by atomic mass is 32.2. The van der Waals surface area contributed by atoms with E-state index in [0.717, 1.165) is 29.7 Å². The molecule has 9 nitrogen and oxygen atoms in total. The zero-order chi connectivity index (χ0) is 21.6. The summed E-state index contributed by atoms with van der Waals surface area (Å²) in [6.45, 7) is 3.21. The minimum Gasteiger partial charge on any atom is -0.466 e. The number of piperidine rings is 1. The Hall–Kier alpha value is -2.88. The quantitative estimate of drug-likeness (QED) is 0.417. The lowest BCUT2D eigenvalue weighted by molar-refractivity contribution is -0.151. The average Bonchev–Trinajstić information content (AvgIpc) is 3.42. The Kier molecular flexibility index (Phi) is 6.86. The lowest BCUT2D eigenvalue weighted by atomic mass is 9.98. The molecule has 1 aromatic carbocycles. The van der Waals surface area contributed by atoms with Gasteiger partial charge < -0.3 is 19.0 Å². The molecule has 0 spiro atoms. The Bertz CT molecular complexity index is 1020. The lowest BCUT2D eigenvalue weighted by Gasteiger charge is -2.31. The Labute approximate surface area is 183 Å². The van der Waals surface area contributed by atoms with Gasteiger partial charge in [-0.2, -0.15) is 0 Å². The fourth-order valence-electron chi connectivity index (χ4n) is 3.62. The maximum Gasteiger partial charge on any atom is 0.310 e. The summed E-state index contributed by atoms with van der Waals surface area (Å²) in [7, 11) is 0. The van der Waals surface area contributed by atoms with Gasteiger partial charge in [-0.3, -0.25) is 9.59 Å². The molecule has 0 bridgehead atoms. The standard InChI is InChI=1S/C21H25N5O4S/c1-2-29-20(28)14-6-5-11-26(12-14)19(27)13-31-21-25-24-18(30-21)10-9-17-22-15-7-3-4-8-16(15)23-17/h3-4,7-8,14H,2,5-6,9-13H2,1H3,(H,22,23)/t14-/m1/s1. The largest absolute Gasteiger partial charge is 0.466 e. The molecule has 3 heterocycles. The monoisotopic (exact) mass is 443 g/mol. The van der Waals surface area contributed by atoms with Crippen LogP contribution in [0.4, 0.5) is 0 Å². The molecule has 1 atom stereocenters. The van der Waals surface area contributed by atoms with Crippen molar-refractivity contribution >= 4 is 34.7 Å². The van der Waals surface area contributed by atoms with Gasteiger partial charge in [0.05, 0.1) is 29.3 Å². The number of fused-ring (bicyclic) bond motifs is 1. The zero-order valence-corrected chi connectivity index (χ0v) is 18.2. The van der Waals surface area contributed by atoms with Crippen molar-refractivity contribution in [1.29, 1.82) is 0 Å². The number of aromatic nitrogens is 4. The number of likely N-dealkylation sites (tertiary alicyclic amines) is 1. The van der Waals surface area contributed by atoms with E-state index < -0.39 is 0 Å². The molecule has 4 rings (SSSR count). The van der Waals surface area contributed by atoms with Crippen LogP contribution in [0, 0.1) is 5.92 Å². The van der Waals surface area contributed by atoms with Crippen LogP contribution in [-0.4, -0.2) is 62.4 Å². The molecule has 10 heteroatoms. The number of carbonyl (C=O) groups excluding carboxylic acids is 2. The second kappa shape index (κ2) is 9.95. The fraction of sp³-hybridized carbons (Fsp3) is 0.476. The number of nitrogens with zero attached hydrogens (tertiary/aromatic N) is 4. The first-order valence-electron chi connectivity index (χ1n) is 10.5. The number of hydrogen-bond acceptors (Lipinski definition) is 8. The van der Waals surface area contributed by atoms with Crippen molar-refractivity contribution in [3.8, 4) is 0 Å². The number of aryl methyl sites for hydroxylation is 2. The molecule has 0 aliphatic carbocycles. The van der Waals surface area contributed by atoms with Crippen molar-refractivity contribution in [3.05, 3.63) is 36.0 Å². The van der Waals surface area contributed by atoms with Crippen LogP contribution in [0.1, 0.15) is 31.5 Å². The Morgan fingerprint density at radius 1 is 1.29 bits per heavy atom. The van der Waals surface area contributed by atoms with E-state index in [0.29, 0.717) is 43.7 Å². The van der Waals surface area contributed by atoms with Gasteiger partial charge in [0.25, 0.3) is 5.22 Å². The summed E-state index contributed by atoms with van der Waals surface area (Å²) < 4.78 is 10.8. The number of hydrogen-bond donors (Lipinski definition) is 1. The van der Waals surface area contributed by atoms with E-state index in [9.17, 15) is 9.59 Å². The van der Waals surface area contributed by atoms with Crippen LogP contribution in [0.3, 0.4) is 0 Å². The summed E-state index contributed by atoms with van der Waals surface area (Å²) >= 11 is 1.22. The molecule has 1 fully saturated rings. The SMILES string of the molecule is CCOC(=O)[C@@H]1CCCN(C(=O)CSc2nnc(CCc3nc4ccccc4[nH]3)o2)C1. The third-order valence-corrected chi connectivity index (χ3v) is 5.98. The normalized spacial score (nSPS) is 16.5. The minimum absolute atomic E-state index is 0.0407. The van der Waals surface area contributed by atoms with Crippen molar-refractivity contribution in [2.24, 2.45) is 5.92 Å². The number of carbonyl (C=O) groups is 2. The molecule has 164 valence electrons. The van der Waals surface area contributed by atoms with E-state index >= 15 is 0 Å². The number of amides is 1. The van der Waals surface area contributed by atoms with Gasteiger partial charge in [0.2, 0.25) is 11.8 Å². The third kappa shape index (κ3) is 5.43. The van der Waals surface area contributed by atoms with E-state index in [4.69, 9.17) is 9.15 Å². The third-order valence-electron chi connectivity index (χ3n) is 5.18. The van der Waals surface area contributed by atoms with Crippen molar-refractivity contribution in [1.82, 2.24) is 25.1 Å². The lowest BCUT2D eigenvalue weighted by Crippen LogP contribution is -2.43. The van der Waals surface area contributed by atoms with Gasteiger partial charge in [-0.1, -0.05) is 23.9 Å². The molecule has 1 aliphatic rings. The summed E-state index contributed by atoms with van der Waals surface area (Å²) in [6, 6.07) is 7.87. The molecule has 1 amide bonds.